The predicted molar refractivity (Wildman–Crippen MR) is 71.9 cm³/mol. The molecular formula is C14H27N3. The molecule has 0 N–H and O–H groups in total. The Morgan fingerprint density at radius 1 is 1.18 bits per heavy atom. The third-order valence-electron chi connectivity index (χ3n) is 3.10. The lowest BCUT2D eigenvalue weighted by Gasteiger charge is -2.05. The van der Waals surface area contributed by atoms with Crippen LogP contribution in [0.1, 0.15) is 65.0 Å². The smallest absolute Gasteiger partial charge is 0.0725 e. The number of aryl methyl sites for hydroxylation is 2. The van der Waals surface area contributed by atoms with Crippen LogP contribution in [-0.4, -0.2) is 15.0 Å². The van der Waals surface area contributed by atoms with Crippen LogP contribution in [0.4, 0.5) is 0 Å². The van der Waals surface area contributed by atoms with E-state index >= 15 is 0 Å². The fourth-order valence-corrected chi connectivity index (χ4v) is 2.08. The molecule has 1 aromatic heterocycles. The first-order valence-corrected chi connectivity index (χ1v) is 7.11. The summed E-state index contributed by atoms with van der Waals surface area (Å²) in [6.45, 7) is 7.78. The highest BCUT2D eigenvalue weighted by molar-refractivity contribution is 4.93. The van der Waals surface area contributed by atoms with Crippen molar-refractivity contribution in [2.24, 2.45) is 5.92 Å². The van der Waals surface area contributed by atoms with Crippen LogP contribution in [0.5, 0.6) is 0 Å². The van der Waals surface area contributed by atoms with Gasteiger partial charge >= 0.3 is 0 Å². The van der Waals surface area contributed by atoms with Crippen LogP contribution in [0.2, 0.25) is 0 Å². The summed E-state index contributed by atoms with van der Waals surface area (Å²) in [6.07, 6.45) is 10.9. The minimum absolute atomic E-state index is 0.852. The van der Waals surface area contributed by atoms with Gasteiger partial charge in [0.25, 0.3) is 0 Å². The van der Waals surface area contributed by atoms with Crippen molar-refractivity contribution < 1.29 is 0 Å². The van der Waals surface area contributed by atoms with Gasteiger partial charge in [-0.3, -0.25) is 0 Å². The van der Waals surface area contributed by atoms with Crippen molar-refractivity contribution in [3.05, 3.63) is 11.9 Å². The van der Waals surface area contributed by atoms with E-state index in [1.54, 1.807) is 0 Å². The van der Waals surface area contributed by atoms with Crippen LogP contribution in [-0.2, 0) is 13.0 Å². The maximum atomic E-state index is 4.11. The van der Waals surface area contributed by atoms with Crippen molar-refractivity contribution in [3.63, 3.8) is 0 Å². The Balaban J connectivity index is 2.11. The molecule has 1 rings (SSSR count). The summed E-state index contributed by atoms with van der Waals surface area (Å²) in [5, 5.41) is 8.10. The Hall–Kier alpha value is -0.860. The molecule has 3 nitrogen and oxygen atoms in total. The summed E-state index contributed by atoms with van der Waals surface area (Å²) < 4.78 is 2.05. The summed E-state index contributed by atoms with van der Waals surface area (Å²) >= 11 is 0. The van der Waals surface area contributed by atoms with E-state index in [9.17, 15) is 0 Å². The molecule has 0 atom stereocenters. The van der Waals surface area contributed by atoms with Gasteiger partial charge in [0.05, 0.1) is 11.9 Å². The van der Waals surface area contributed by atoms with Crippen LogP contribution < -0.4 is 0 Å². The molecule has 3 heteroatoms. The molecule has 0 spiro atoms. The molecule has 0 fully saturated rings. The van der Waals surface area contributed by atoms with Crippen LogP contribution in [0, 0.1) is 5.92 Å². The van der Waals surface area contributed by atoms with Crippen LogP contribution in [0.3, 0.4) is 0 Å². The summed E-state index contributed by atoms with van der Waals surface area (Å²) in [5.74, 6) is 0.852. The Morgan fingerprint density at radius 2 is 1.94 bits per heavy atom. The zero-order valence-corrected chi connectivity index (χ0v) is 11.7. The van der Waals surface area contributed by atoms with Gasteiger partial charge in [-0.05, 0) is 25.2 Å². The molecule has 0 aromatic carbocycles. The quantitative estimate of drug-likeness (QED) is 0.611. The maximum Gasteiger partial charge on any atom is 0.0725 e. The maximum absolute atomic E-state index is 4.11. The Morgan fingerprint density at radius 3 is 2.65 bits per heavy atom. The number of rotatable bonds is 9. The highest BCUT2D eigenvalue weighted by atomic mass is 15.4. The van der Waals surface area contributed by atoms with Gasteiger partial charge in [0, 0.05) is 6.54 Å². The second-order valence-electron chi connectivity index (χ2n) is 5.30. The Kier molecular flexibility index (Phi) is 6.90. The number of unbranched alkanes of at least 4 members (excludes halogenated alkanes) is 3. The van der Waals surface area contributed by atoms with E-state index in [2.05, 4.69) is 31.1 Å². The number of nitrogens with zero attached hydrogens (tertiary/aromatic N) is 3. The third kappa shape index (κ3) is 5.85. The normalized spacial score (nSPS) is 11.3. The van der Waals surface area contributed by atoms with Crippen molar-refractivity contribution in [2.45, 2.75) is 72.3 Å². The lowest BCUT2D eigenvalue weighted by molar-refractivity contribution is 0.511. The summed E-state index contributed by atoms with van der Waals surface area (Å²) in [4.78, 5) is 0. The highest BCUT2D eigenvalue weighted by Crippen LogP contribution is 2.11. The molecule has 0 radical (unpaired) electrons. The SMILES string of the molecule is CCCn1nncc1CCCCCCC(C)C. The van der Waals surface area contributed by atoms with Crippen molar-refractivity contribution in [1.82, 2.24) is 15.0 Å². The molecule has 17 heavy (non-hydrogen) atoms. The van der Waals surface area contributed by atoms with E-state index in [1.807, 2.05) is 10.9 Å². The van der Waals surface area contributed by atoms with Gasteiger partial charge in [-0.2, -0.15) is 0 Å². The molecular weight excluding hydrogens is 210 g/mol. The minimum Gasteiger partial charge on any atom is -0.249 e. The third-order valence-corrected chi connectivity index (χ3v) is 3.10. The van der Waals surface area contributed by atoms with Gasteiger partial charge in [-0.15, -0.1) is 5.10 Å². The molecule has 1 aromatic rings. The van der Waals surface area contributed by atoms with Gasteiger partial charge in [-0.25, -0.2) is 4.68 Å². The van der Waals surface area contributed by atoms with Gasteiger partial charge in [-0.1, -0.05) is 51.7 Å². The van der Waals surface area contributed by atoms with E-state index < -0.39 is 0 Å². The van der Waals surface area contributed by atoms with Crippen LogP contribution in [0.15, 0.2) is 6.20 Å². The molecule has 0 saturated heterocycles. The van der Waals surface area contributed by atoms with E-state index in [1.165, 1.54) is 37.8 Å². The Labute approximate surface area is 106 Å². The molecule has 0 aliphatic carbocycles. The summed E-state index contributed by atoms with van der Waals surface area (Å²) in [6, 6.07) is 0. The lowest BCUT2D eigenvalue weighted by atomic mass is 10.0. The molecule has 0 amide bonds. The molecule has 0 unspecified atom stereocenters. The lowest BCUT2D eigenvalue weighted by Crippen LogP contribution is -2.04. The number of hydrogen-bond acceptors (Lipinski definition) is 2. The zero-order valence-electron chi connectivity index (χ0n) is 11.7. The van der Waals surface area contributed by atoms with E-state index in [0.29, 0.717) is 0 Å². The molecule has 0 bridgehead atoms. The molecule has 0 saturated carbocycles. The fraction of sp³-hybridized carbons (Fsp3) is 0.857. The average Bonchev–Trinajstić information content (AvgIpc) is 2.71. The van der Waals surface area contributed by atoms with Crippen molar-refractivity contribution in [2.75, 3.05) is 0 Å². The fourth-order valence-electron chi connectivity index (χ4n) is 2.08. The summed E-state index contributed by atoms with van der Waals surface area (Å²) in [5.41, 5.74) is 1.30. The van der Waals surface area contributed by atoms with E-state index in [-0.39, 0.29) is 0 Å². The molecule has 0 aliphatic rings. The monoisotopic (exact) mass is 237 g/mol. The highest BCUT2D eigenvalue weighted by Gasteiger charge is 2.02. The first-order valence-electron chi connectivity index (χ1n) is 7.11. The predicted octanol–water partition coefficient (Wildman–Crippen LogP) is 3.84. The van der Waals surface area contributed by atoms with Crippen molar-refractivity contribution in [3.8, 4) is 0 Å². The van der Waals surface area contributed by atoms with E-state index in [4.69, 9.17) is 0 Å². The molecule has 0 aliphatic heterocycles. The zero-order chi connectivity index (χ0) is 12.5. The standard InChI is InChI=1S/C14H27N3/c1-4-11-17-14(12-15-16-17)10-8-6-5-7-9-13(2)3/h12-13H,4-11H2,1-3H3. The molecule has 98 valence electrons. The van der Waals surface area contributed by atoms with Gasteiger partial charge in [0.1, 0.15) is 0 Å². The Bertz CT molecular complexity index is 291. The van der Waals surface area contributed by atoms with Crippen molar-refractivity contribution >= 4 is 0 Å². The topological polar surface area (TPSA) is 30.7 Å². The number of hydrogen-bond donors (Lipinski definition) is 0. The van der Waals surface area contributed by atoms with Crippen LogP contribution >= 0.6 is 0 Å². The average molecular weight is 237 g/mol. The second-order valence-corrected chi connectivity index (χ2v) is 5.30. The number of aromatic nitrogens is 3. The first kappa shape index (κ1) is 14.2. The largest absolute Gasteiger partial charge is 0.249 e. The summed E-state index contributed by atoms with van der Waals surface area (Å²) in [7, 11) is 0. The van der Waals surface area contributed by atoms with Gasteiger partial charge in [0.2, 0.25) is 0 Å². The van der Waals surface area contributed by atoms with Gasteiger partial charge < -0.3 is 0 Å². The van der Waals surface area contributed by atoms with Crippen LogP contribution in [0.25, 0.3) is 0 Å². The second kappa shape index (κ2) is 8.26. The molecule has 1 heterocycles. The van der Waals surface area contributed by atoms with Crippen molar-refractivity contribution in [1.29, 1.82) is 0 Å². The first-order chi connectivity index (χ1) is 8.24. The van der Waals surface area contributed by atoms with E-state index in [0.717, 1.165) is 25.3 Å². The minimum atomic E-state index is 0.852. The van der Waals surface area contributed by atoms with Gasteiger partial charge in [0.15, 0.2) is 0 Å².